The van der Waals surface area contributed by atoms with Crippen LogP contribution in [0.4, 0.5) is 11.4 Å². The van der Waals surface area contributed by atoms with Gasteiger partial charge < -0.3 is 10.1 Å². The van der Waals surface area contributed by atoms with Gasteiger partial charge in [-0.2, -0.15) is 0 Å². The molecule has 0 saturated heterocycles. The highest BCUT2D eigenvalue weighted by molar-refractivity contribution is 7.92. The minimum absolute atomic E-state index is 0.243. The second kappa shape index (κ2) is 9.75. The molecular weight excluding hydrogens is 404 g/mol. The monoisotopic (exact) mass is 432 g/mol. The molecule has 0 heterocycles. The minimum Gasteiger partial charge on any atom is -0.462 e. The molecule has 0 unspecified atom stereocenters. The summed E-state index contributed by atoms with van der Waals surface area (Å²) in [5, 5.41) is 2.78. The Labute approximate surface area is 178 Å². The average Bonchev–Trinajstić information content (AvgIpc) is 2.66. The van der Waals surface area contributed by atoms with Gasteiger partial charge in [-0.3, -0.25) is 9.10 Å². The fourth-order valence-electron chi connectivity index (χ4n) is 3.24. The van der Waals surface area contributed by atoms with Crippen molar-refractivity contribution in [2.24, 2.45) is 0 Å². The number of sulfonamides is 1. The minimum atomic E-state index is -3.72. The molecule has 7 nitrogen and oxygen atoms in total. The summed E-state index contributed by atoms with van der Waals surface area (Å²) in [7, 11) is -3.72. The van der Waals surface area contributed by atoms with Gasteiger partial charge in [0, 0.05) is 5.69 Å². The summed E-state index contributed by atoms with van der Waals surface area (Å²) < 4.78 is 31.3. The number of esters is 1. The third-order valence-corrected chi connectivity index (χ3v) is 5.85. The summed E-state index contributed by atoms with van der Waals surface area (Å²) >= 11 is 0. The first-order valence-electron chi connectivity index (χ1n) is 9.73. The number of amides is 1. The van der Waals surface area contributed by atoms with Crippen molar-refractivity contribution in [1.82, 2.24) is 0 Å². The van der Waals surface area contributed by atoms with Crippen LogP contribution in [0.15, 0.2) is 42.5 Å². The number of anilines is 2. The first-order valence-corrected chi connectivity index (χ1v) is 11.6. The third kappa shape index (κ3) is 5.38. The van der Waals surface area contributed by atoms with Gasteiger partial charge in [0.25, 0.3) is 0 Å². The SMILES string of the molecule is CCOC(=O)c1cccc(NC(=O)[C@@H](CC)N(c2cccc(C)c2)S(C)(=O)=O)c1C. The maximum absolute atomic E-state index is 13.1. The number of hydrogen-bond donors (Lipinski definition) is 1. The van der Waals surface area contributed by atoms with E-state index in [1.807, 2.05) is 13.0 Å². The van der Waals surface area contributed by atoms with Crippen LogP contribution in [0.3, 0.4) is 0 Å². The molecule has 1 atom stereocenters. The van der Waals surface area contributed by atoms with Gasteiger partial charge in [-0.1, -0.05) is 25.1 Å². The van der Waals surface area contributed by atoms with Crippen molar-refractivity contribution < 1.29 is 22.7 Å². The Hall–Kier alpha value is -2.87. The molecule has 1 amide bonds. The molecule has 8 heteroatoms. The van der Waals surface area contributed by atoms with E-state index in [0.29, 0.717) is 22.5 Å². The molecule has 0 saturated carbocycles. The molecule has 2 aromatic rings. The van der Waals surface area contributed by atoms with Crippen molar-refractivity contribution in [2.75, 3.05) is 22.5 Å². The van der Waals surface area contributed by atoms with Crippen LogP contribution in [0, 0.1) is 13.8 Å². The van der Waals surface area contributed by atoms with Crippen LogP contribution in [0.5, 0.6) is 0 Å². The van der Waals surface area contributed by atoms with E-state index in [1.165, 1.54) is 0 Å². The molecule has 2 rings (SSSR count). The fraction of sp³-hybridized carbons (Fsp3) is 0.364. The Morgan fingerprint density at radius 3 is 2.33 bits per heavy atom. The van der Waals surface area contributed by atoms with Gasteiger partial charge in [-0.15, -0.1) is 0 Å². The number of nitrogens with one attached hydrogen (secondary N) is 1. The molecule has 0 fully saturated rings. The smallest absolute Gasteiger partial charge is 0.338 e. The van der Waals surface area contributed by atoms with Gasteiger partial charge in [0.1, 0.15) is 6.04 Å². The van der Waals surface area contributed by atoms with E-state index in [9.17, 15) is 18.0 Å². The molecule has 0 bridgehead atoms. The Morgan fingerprint density at radius 1 is 1.10 bits per heavy atom. The normalized spacial score (nSPS) is 12.2. The summed E-state index contributed by atoms with van der Waals surface area (Å²) in [6.45, 7) is 7.27. The van der Waals surface area contributed by atoms with Crippen LogP contribution < -0.4 is 9.62 Å². The number of benzene rings is 2. The van der Waals surface area contributed by atoms with E-state index in [0.717, 1.165) is 16.1 Å². The van der Waals surface area contributed by atoms with Crippen LogP contribution in [-0.4, -0.2) is 39.2 Å². The van der Waals surface area contributed by atoms with Crippen molar-refractivity contribution in [3.05, 3.63) is 59.2 Å². The summed E-state index contributed by atoms with van der Waals surface area (Å²) in [4.78, 5) is 25.2. The zero-order valence-corrected chi connectivity index (χ0v) is 18.7. The summed E-state index contributed by atoms with van der Waals surface area (Å²) in [6, 6.07) is 11.0. The molecule has 0 aromatic heterocycles. The van der Waals surface area contributed by atoms with E-state index in [2.05, 4.69) is 5.32 Å². The topological polar surface area (TPSA) is 92.8 Å². The predicted molar refractivity (Wildman–Crippen MR) is 118 cm³/mol. The molecule has 0 spiro atoms. The lowest BCUT2D eigenvalue weighted by molar-refractivity contribution is -0.117. The quantitative estimate of drug-likeness (QED) is 0.643. The van der Waals surface area contributed by atoms with E-state index < -0.39 is 27.9 Å². The number of carbonyl (C=O) groups is 2. The van der Waals surface area contributed by atoms with E-state index >= 15 is 0 Å². The lowest BCUT2D eigenvalue weighted by Gasteiger charge is -2.30. The Bertz CT molecular complexity index is 1030. The number of rotatable bonds is 8. The van der Waals surface area contributed by atoms with Gasteiger partial charge >= 0.3 is 5.97 Å². The zero-order chi connectivity index (χ0) is 22.5. The van der Waals surface area contributed by atoms with E-state index in [1.54, 1.807) is 57.2 Å². The zero-order valence-electron chi connectivity index (χ0n) is 17.9. The predicted octanol–water partition coefficient (Wildman–Crippen LogP) is 3.66. The summed E-state index contributed by atoms with van der Waals surface area (Å²) in [5.74, 6) is -0.954. The lowest BCUT2D eigenvalue weighted by Crippen LogP contribution is -2.47. The highest BCUT2D eigenvalue weighted by atomic mass is 32.2. The second-order valence-corrected chi connectivity index (χ2v) is 8.87. The molecule has 0 radical (unpaired) electrons. The Kier molecular flexibility index (Phi) is 7.61. The highest BCUT2D eigenvalue weighted by Gasteiger charge is 2.32. The van der Waals surface area contributed by atoms with Crippen LogP contribution in [0.25, 0.3) is 0 Å². The molecule has 162 valence electrons. The number of hydrogen-bond acceptors (Lipinski definition) is 5. The maximum Gasteiger partial charge on any atom is 0.338 e. The van der Waals surface area contributed by atoms with Crippen molar-refractivity contribution in [1.29, 1.82) is 0 Å². The van der Waals surface area contributed by atoms with E-state index in [-0.39, 0.29) is 13.0 Å². The van der Waals surface area contributed by atoms with E-state index in [4.69, 9.17) is 4.74 Å². The van der Waals surface area contributed by atoms with Crippen LogP contribution in [-0.2, 0) is 19.6 Å². The maximum atomic E-state index is 13.1. The number of ether oxygens (including phenoxy) is 1. The van der Waals surface area contributed by atoms with Crippen molar-refractivity contribution in [2.45, 2.75) is 40.2 Å². The molecule has 0 aliphatic carbocycles. The number of nitrogens with zero attached hydrogens (tertiary/aromatic N) is 1. The van der Waals surface area contributed by atoms with Gasteiger partial charge in [-0.25, -0.2) is 13.2 Å². The van der Waals surface area contributed by atoms with Gasteiger partial charge in [0.05, 0.1) is 24.1 Å². The first kappa shape index (κ1) is 23.4. The van der Waals surface area contributed by atoms with Gasteiger partial charge in [-0.05, 0) is 62.6 Å². The highest BCUT2D eigenvalue weighted by Crippen LogP contribution is 2.25. The van der Waals surface area contributed by atoms with Crippen molar-refractivity contribution >= 4 is 33.3 Å². The Morgan fingerprint density at radius 2 is 1.77 bits per heavy atom. The second-order valence-electron chi connectivity index (χ2n) is 7.01. The Balaban J connectivity index is 2.40. The van der Waals surface area contributed by atoms with Crippen LogP contribution in [0.2, 0.25) is 0 Å². The number of aryl methyl sites for hydroxylation is 1. The fourth-order valence-corrected chi connectivity index (χ4v) is 4.45. The largest absolute Gasteiger partial charge is 0.462 e. The van der Waals surface area contributed by atoms with Crippen molar-refractivity contribution in [3.63, 3.8) is 0 Å². The molecule has 30 heavy (non-hydrogen) atoms. The van der Waals surface area contributed by atoms with Crippen LogP contribution >= 0.6 is 0 Å². The summed E-state index contributed by atoms with van der Waals surface area (Å²) in [5.41, 5.74) is 2.65. The molecule has 1 N–H and O–H groups in total. The molecule has 0 aliphatic rings. The standard InChI is InChI=1S/C22H28N2O5S/c1-6-20(24(30(5,27)28)17-11-8-10-15(3)14-17)21(25)23-19-13-9-12-18(16(19)4)22(26)29-7-2/h8-14,20H,6-7H2,1-5H3,(H,23,25)/t20-/m1/s1. The molecule has 0 aliphatic heterocycles. The van der Waals surface area contributed by atoms with Gasteiger partial charge in [0.2, 0.25) is 15.9 Å². The summed E-state index contributed by atoms with van der Waals surface area (Å²) in [6.07, 6.45) is 1.35. The first-order chi connectivity index (χ1) is 14.1. The lowest BCUT2D eigenvalue weighted by atomic mass is 10.1. The number of carbonyl (C=O) groups excluding carboxylic acids is 2. The third-order valence-electron chi connectivity index (χ3n) is 4.67. The molecular formula is C22H28N2O5S. The van der Waals surface area contributed by atoms with Crippen LogP contribution in [0.1, 0.15) is 41.8 Å². The van der Waals surface area contributed by atoms with Gasteiger partial charge in [0.15, 0.2) is 0 Å². The average molecular weight is 433 g/mol. The van der Waals surface area contributed by atoms with Crippen molar-refractivity contribution in [3.8, 4) is 0 Å². The molecule has 2 aromatic carbocycles.